The van der Waals surface area contributed by atoms with E-state index in [2.05, 4.69) is 39.3 Å². The number of hydrogen-bond acceptors (Lipinski definition) is 9. The van der Waals surface area contributed by atoms with Crippen molar-refractivity contribution in [2.45, 2.75) is 19.4 Å². The number of fused-ring (bicyclic) bond motifs is 1. The zero-order valence-electron chi connectivity index (χ0n) is 18.6. The predicted molar refractivity (Wildman–Crippen MR) is 133 cm³/mol. The number of rotatable bonds is 8. The van der Waals surface area contributed by atoms with Crippen LogP contribution in [0, 0.1) is 5.41 Å². The van der Waals surface area contributed by atoms with E-state index in [-0.39, 0.29) is 11.4 Å². The van der Waals surface area contributed by atoms with Crippen LogP contribution in [-0.2, 0) is 5.54 Å². The number of aromatic nitrogens is 2. The summed E-state index contributed by atoms with van der Waals surface area (Å²) >= 11 is 3.63. The van der Waals surface area contributed by atoms with Crippen molar-refractivity contribution in [1.82, 2.24) is 25.1 Å². The molecule has 0 unspecified atom stereocenters. The van der Waals surface area contributed by atoms with E-state index in [9.17, 15) is 4.79 Å². The van der Waals surface area contributed by atoms with Gasteiger partial charge in [-0.2, -0.15) is 11.8 Å². The zero-order valence-corrected chi connectivity index (χ0v) is 20.3. The number of allylic oxidation sites excluding steroid dienone is 1. The smallest absolute Gasteiger partial charge is 0.255 e. The van der Waals surface area contributed by atoms with Crippen molar-refractivity contribution in [2.75, 3.05) is 50.0 Å². The molecule has 0 radical (unpaired) electrons. The molecule has 3 N–H and O–H groups in total. The topological polar surface area (TPSA) is 97.2 Å². The summed E-state index contributed by atoms with van der Waals surface area (Å²) in [6.45, 7) is 8.16. The van der Waals surface area contributed by atoms with Crippen LogP contribution in [0.25, 0.3) is 10.6 Å². The maximum Gasteiger partial charge on any atom is 0.255 e. The molecule has 1 saturated heterocycles. The van der Waals surface area contributed by atoms with Crippen LogP contribution in [0.3, 0.4) is 0 Å². The maximum atomic E-state index is 13.3. The van der Waals surface area contributed by atoms with Gasteiger partial charge in [-0.25, -0.2) is 9.97 Å². The lowest BCUT2D eigenvalue weighted by Gasteiger charge is -2.35. The number of carbonyl (C=O) groups is 1. The molecule has 0 aliphatic carbocycles. The Labute approximate surface area is 197 Å². The minimum atomic E-state index is -0.333. The molecule has 1 amide bonds. The lowest BCUT2D eigenvalue weighted by Crippen LogP contribution is -2.45. The second-order valence-electron chi connectivity index (χ2n) is 8.21. The molecule has 10 heteroatoms. The highest BCUT2D eigenvalue weighted by Gasteiger charge is 2.44. The molecular formula is C22H29N7OS2. The Kier molecular flexibility index (Phi) is 6.82. The van der Waals surface area contributed by atoms with E-state index in [1.165, 1.54) is 17.7 Å². The Hall–Kier alpha value is -2.43. The first-order chi connectivity index (χ1) is 15.4. The quantitative estimate of drug-likeness (QED) is 0.509. The fourth-order valence-corrected chi connectivity index (χ4v) is 6.26. The molecule has 4 heterocycles. The number of amides is 1. The van der Waals surface area contributed by atoms with Gasteiger partial charge in [-0.1, -0.05) is 0 Å². The number of thioether (sulfide) groups is 1. The Morgan fingerprint density at radius 2 is 2.09 bits per heavy atom. The number of nitrogens with zero attached hydrogens (tertiary/aromatic N) is 4. The van der Waals surface area contributed by atoms with Gasteiger partial charge in [0, 0.05) is 62.0 Å². The molecule has 0 aromatic carbocycles. The largest absolute Gasteiger partial charge is 0.375 e. The summed E-state index contributed by atoms with van der Waals surface area (Å²) in [4.78, 5) is 28.7. The van der Waals surface area contributed by atoms with Crippen LogP contribution in [0.4, 0.5) is 5.95 Å². The number of nitrogens with one attached hydrogen (secondary N) is 3. The molecule has 0 spiro atoms. The standard InChI is InChI=1S/C22H29N7OS2/c1-22(2)19-15(20(30)29(22)9-8-28-10-12-31-13-11-28)14-17(32-19)16-5-7-25-21(26-16)27-18(24-3)4-6-23/h4-7,14,23-24H,8-13H2,1-3H3,(H,25,26,27)/b18-4+,23-6?. The molecule has 0 bridgehead atoms. The molecule has 2 aromatic rings. The minimum absolute atomic E-state index is 0.109. The molecular weight excluding hydrogens is 442 g/mol. The third-order valence-corrected chi connectivity index (χ3v) is 8.27. The van der Waals surface area contributed by atoms with Crippen molar-refractivity contribution in [1.29, 1.82) is 5.41 Å². The fourth-order valence-electron chi connectivity index (χ4n) is 4.05. The fraction of sp³-hybridized carbons (Fsp3) is 0.455. The van der Waals surface area contributed by atoms with E-state index in [1.54, 1.807) is 30.7 Å². The molecule has 2 aliphatic heterocycles. The van der Waals surface area contributed by atoms with Gasteiger partial charge in [0.2, 0.25) is 5.95 Å². The first-order valence-electron chi connectivity index (χ1n) is 10.7. The van der Waals surface area contributed by atoms with Gasteiger partial charge in [0.1, 0.15) is 5.82 Å². The normalized spacial score (nSPS) is 18.5. The molecule has 8 nitrogen and oxygen atoms in total. The second-order valence-corrected chi connectivity index (χ2v) is 10.5. The SMILES string of the molecule is CN/C(=C\C=N)Nc1nccc(-c2cc3c(s2)C(C)(C)N(CCN2CCSCC2)C3=O)n1. The maximum absolute atomic E-state index is 13.3. The summed E-state index contributed by atoms with van der Waals surface area (Å²) in [7, 11) is 1.76. The van der Waals surface area contributed by atoms with Crippen LogP contribution in [-0.4, -0.2) is 76.6 Å². The van der Waals surface area contributed by atoms with Gasteiger partial charge < -0.3 is 20.9 Å². The first-order valence-corrected chi connectivity index (χ1v) is 12.7. The van der Waals surface area contributed by atoms with Crippen LogP contribution < -0.4 is 10.6 Å². The van der Waals surface area contributed by atoms with Gasteiger partial charge in [0.05, 0.1) is 21.7 Å². The van der Waals surface area contributed by atoms with Gasteiger partial charge in [-0.15, -0.1) is 11.3 Å². The summed E-state index contributed by atoms with van der Waals surface area (Å²) in [6, 6.07) is 3.83. The second kappa shape index (κ2) is 9.60. The molecule has 0 saturated carbocycles. The average Bonchev–Trinajstić information content (AvgIpc) is 3.32. The van der Waals surface area contributed by atoms with Crippen LogP contribution in [0.5, 0.6) is 0 Å². The monoisotopic (exact) mass is 471 g/mol. The lowest BCUT2D eigenvalue weighted by atomic mass is 10.0. The van der Waals surface area contributed by atoms with Crippen molar-refractivity contribution in [3.63, 3.8) is 0 Å². The van der Waals surface area contributed by atoms with E-state index in [0.717, 1.165) is 47.2 Å². The van der Waals surface area contributed by atoms with Crippen molar-refractivity contribution in [2.24, 2.45) is 0 Å². The van der Waals surface area contributed by atoms with Crippen molar-refractivity contribution in [3.8, 4) is 10.6 Å². The molecule has 32 heavy (non-hydrogen) atoms. The van der Waals surface area contributed by atoms with E-state index >= 15 is 0 Å². The molecule has 170 valence electrons. The van der Waals surface area contributed by atoms with Gasteiger partial charge in [-0.3, -0.25) is 9.69 Å². The Morgan fingerprint density at radius 3 is 2.78 bits per heavy atom. The van der Waals surface area contributed by atoms with Crippen molar-refractivity contribution in [3.05, 3.63) is 40.7 Å². The van der Waals surface area contributed by atoms with Gasteiger partial charge in [0.25, 0.3) is 5.91 Å². The lowest BCUT2D eigenvalue weighted by molar-refractivity contribution is 0.0591. The summed E-state index contributed by atoms with van der Waals surface area (Å²) in [5.41, 5.74) is 1.23. The van der Waals surface area contributed by atoms with Gasteiger partial charge in [0.15, 0.2) is 0 Å². The molecule has 2 aromatic heterocycles. The van der Waals surface area contributed by atoms with E-state index < -0.39 is 0 Å². The molecule has 0 atom stereocenters. The Morgan fingerprint density at radius 1 is 1.31 bits per heavy atom. The van der Waals surface area contributed by atoms with E-state index in [1.807, 2.05) is 28.8 Å². The average molecular weight is 472 g/mol. The highest BCUT2D eigenvalue weighted by atomic mass is 32.2. The highest BCUT2D eigenvalue weighted by Crippen LogP contribution is 2.45. The van der Waals surface area contributed by atoms with Gasteiger partial charge >= 0.3 is 0 Å². The van der Waals surface area contributed by atoms with E-state index in [0.29, 0.717) is 11.8 Å². The van der Waals surface area contributed by atoms with Crippen LogP contribution in [0.1, 0.15) is 29.1 Å². The number of carbonyl (C=O) groups excluding carboxylic acids is 1. The van der Waals surface area contributed by atoms with Gasteiger partial charge in [-0.05, 0) is 32.1 Å². The Bertz CT molecular complexity index is 1030. The molecule has 4 rings (SSSR count). The van der Waals surface area contributed by atoms with Crippen molar-refractivity contribution >= 4 is 41.2 Å². The van der Waals surface area contributed by atoms with Crippen molar-refractivity contribution < 1.29 is 4.79 Å². The summed E-state index contributed by atoms with van der Waals surface area (Å²) in [5, 5.41) is 13.3. The first kappa shape index (κ1) is 22.8. The minimum Gasteiger partial charge on any atom is -0.375 e. The number of thiophene rings is 1. The van der Waals surface area contributed by atoms with E-state index in [4.69, 9.17) is 5.41 Å². The molecule has 2 aliphatic rings. The van der Waals surface area contributed by atoms with Crippen LogP contribution >= 0.6 is 23.1 Å². The number of hydrogen-bond donors (Lipinski definition) is 3. The highest BCUT2D eigenvalue weighted by molar-refractivity contribution is 7.99. The summed E-state index contributed by atoms with van der Waals surface area (Å²) < 4.78 is 0. The van der Waals surface area contributed by atoms with Crippen LogP contribution in [0.15, 0.2) is 30.2 Å². The van der Waals surface area contributed by atoms with Crippen LogP contribution in [0.2, 0.25) is 0 Å². The third-order valence-electron chi connectivity index (χ3n) is 5.86. The Balaban J connectivity index is 1.52. The summed E-state index contributed by atoms with van der Waals surface area (Å²) in [5.74, 6) is 3.53. The zero-order chi connectivity index (χ0) is 22.7. The summed E-state index contributed by atoms with van der Waals surface area (Å²) in [6.07, 6.45) is 4.48. The number of anilines is 1. The predicted octanol–water partition coefficient (Wildman–Crippen LogP) is 3.07. The third kappa shape index (κ3) is 4.53. The molecule has 1 fully saturated rings.